The van der Waals surface area contributed by atoms with E-state index >= 15 is 0 Å². The normalized spacial score (nSPS) is 10.1. The van der Waals surface area contributed by atoms with Crippen molar-refractivity contribution in [3.63, 3.8) is 0 Å². The van der Waals surface area contributed by atoms with Gasteiger partial charge in [0, 0.05) is 37.5 Å². The van der Waals surface area contributed by atoms with Crippen LogP contribution in [-0.4, -0.2) is 43.6 Å². The fourth-order valence-corrected chi connectivity index (χ4v) is 2.47. The number of benzene rings is 1. The van der Waals surface area contributed by atoms with E-state index in [1.807, 2.05) is 25.1 Å². The minimum atomic E-state index is -0.187. The lowest BCUT2D eigenvalue weighted by Gasteiger charge is -2.11. The van der Waals surface area contributed by atoms with E-state index in [4.69, 9.17) is 9.47 Å². The van der Waals surface area contributed by atoms with Crippen molar-refractivity contribution in [3.8, 4) is 11.5 Å². The number of carbonyl (C=O) groups excluding carboxylic acids is 2. The molecular weight excluding hydrogens is 346 g/mol. The van der Waals surface area contributed by atoms with Crippen LogP contribution >= 0.6 is 0 Å². The summed E-state index contributed by atoms with van der Waals surface area (Å²) in [5.41, 5.74) is 1.54. The second kappa shape index (κ2) is 10.8. The van der Waals surface area contributed by atoms with Crippen LogP contribution in [0.3, 0.4) is 0 Å². The van der Waals surface area contributed by atoms with Crippen LogP contribution in [0.1, 0.15) is 29.3 Å². The molecule has 2 N–H and O–H groups in total. The number of amides is 2. The van der Waals surface area contributed by atoms with Crippen molar-refractivity contribution >= 4 is 11.8 Å². The van der Waals surface area contributed by atoms with E-state index in [2.05, 4.69) is 15.6 Å². The third kappa shape index (κ3) is 6.62. The molecule has 0 aliphatic rings. The lowest BCUT2D eigenvalue weighted by molar-refractivity contribution is -0.121. The van der Waals surface area contributed by atoms with E-state index in [1.165, 1.54) is 0 Å². The molecule has 2 rings (SSSR count). The molecule has 0 saturated heterocycles. The number of rotatable bonds is 10. The molecule has 0 aliphatic heterocycles. The molecule has 0 fully saturated rings. The number of nitrogens with one attached hydrogen (secondary N) is 2. The van der Waals surface area contributed by atoms with Crippen LogP contribution < -0.4 is 20.1 Å². The maximum atomic E-state index is 12.0. The molecule has 1 aromatic heterocycles. The van der Waals surface area contributed by atoms with Crippen molar-refractivity contribution in [1.29, 1.82) is 0 Å². The van der Waals surface area contributed by atoms with Crippen LogP contribution in [-0.2, 0) is 11.2 Å². The summed E-state index contributed by atoms with van der Waals surface area (Å²) >= 11 is 0. The van der Waals surface area contributed by atoms with Gasteiger partial charge in [0.15, 0.2) is 11.5 Å². The van der Waals surface area contributed by atoms with Gasteiger partial charge in [-0.15, -0.1) is 0 Å². The minimum absolute atomic E-state index is 0.0685. The predicted octanol–water partition coefficient (Wildman–Crippen LogP) is 1.97. The number of aryl methyl sites for hydroxylation is 1. The topological polar surface area (TPSA) is 89.6 Å². The number of hydrogen-bond acceptors (Lipinski definition) is 5. The summed E-state index contributed by atoms with van der Waals surface area (Å²) < 4.78 is 10.8. The van der Waals surface area contributed by atoms with Crippen LogP contribution in [0.15, 0.2) is 42.7 Å². The zero-order chi connectivity index (χ0) is 19.5. The summed E-state index contributed by atoms with van der Waals surface area (Å²) in [5, 5.41) is 5.55. The number of hydrogen-bond donors (Lipinski definition) is 2. The fourth-order valence-electron chi connectivity index (χ4n) is 2.47. The highest BCUT2D eigenvalue weighted by Gasteiger charge is 2.08. The molecular formula is C20H25N3O4. The lowest BCUT2D eigenvalue weighted by Crippen LogP contribution is -2.34. The summed E-state index contributed by atoms with van der Waals surface area (Å²) in [6.45, 7) is 3.22. The SMILES string of the molecule is CCOc1ccc(CCC(=O)NCCNC(=O)c2ccncc2)cc1OC. The number of pyridine rings is 1. The van der Waals surface area contributed by atoms with Crippen LogP contribution in [0.5, 0.6) is 11.5 Å². The Hall–Kier alpha value is -3.09. The van der Waals surface area contributed by atoms with E-state index in [-0.39, 0.29) is 11.8 Å². The van der Waals surface area contributed by atoms with E-state index < -0.39 is 0 Å². The van der Waals surface area contributed by atoms with Gasteiger partial charge in [-0.05, 0) is 43.2 Å². The van der Waals surface area contributed by atoms with Gasteiger partial charge in [0.25, 0.3) is 5.91 Å². The van der Waals surface area contributed by atoms with Gasteiger partial charge in [0.05, 0.1) is 13.7 Å². The lowest BCUT2D eigenvalue weighted by atomic mass is 10.1. The largest absolute Gasteiger partial charge is 0.493 e. The van der Waals surface area contributed by atoms with Gasteiger partial charge in [0.2, 0.25) is 5.91 Å². The molecule has 0 spiro atoms. The van der Waals surface area contributed by atoms with Crippen LogP contribution in [0, 0.1) is 0 Å². The van der Waals surface area contributed by atoms with Crippen LogP contribution in [0.25, 0.3) is 0 Å². The number of carbonyl (C=O) groups is 2. The Balaban J connectivity index is 1.69. The van der Waals surface area contributed by atoms with Crippen molar-refractivity contribution in [1.82, 2.24) is 15.6 Å². The van der Waals surface area contributed by atoms with Gasteiger partial charge in [-0.3, -0.25) is 14.6 Å². The number of ether oxygens (including phenoxy) is 2. The Morgan fingerprint density at radius 1 is 1.04 bits per heavy atom. The zero-order valence-corrected chi connectivity index (χ0v) is 15.7. The Morgan fingerprint density at radius 2 is 1.78 bits per heavy atom. The molecule has 0 atom stereocenters. The Bertz CT molecular complexity index is 750. The zero-order valence-electron chi connectivity index (χ0n) is 15.7. The molecule has 7 nitrogen and oxygen atoms in total. The number of aromatic nitrogens is 1. The Kier molecular flexibility index (Phi) is 8.09. The van der Waals surface area contributed by atoms with Crippen molar-refractivity contribution in [2.45, 2.75) is 19.8 Å². The molecule has 0 aliphatic carbocycles. The van der Waals surface area contributed by atoms with Gasteiger partial charge in [-0.1, -0.05) is 6.07 Å². The second-order valence-electron chi connectivity index (χ2n) is 5.76. The molecule has 1 heterocycles. The van der Waals surface area contributed by atoms with Gasteiger partial charge < -0.3 is 20.1 Å². The molecule has 0 bridgehead atoms. The standard InChI is InChI=1S/C20H25N3O4/c1-3-27-17-6-4-15(14-18(17)26-2)5-7-19(24)22-12-13-23-20(25)16-8-10-21-11-9-16/h4,6,8-11,14H,3,5,7,12-13H2,1-2H3,(H,22,24)(H,23,25). The highest BCUT2D eigenvalue weighted by Crippen LogP contribution is 2.28. The first-order valence-electron chi connectivity index (χ1n) is 8.88. The summed E-state index contributed by atoms with van der Waals surface area (Å²) in [4.78, 5) is 27.7. The minimum Gasteiger partial charge on any atom is -0.493 e. The van der Waals surface area contributed by atoms with Crippen LogP contribution in [0.4, 0.5) is 0 Å². The van der Waals surface area contributed by atoms with E-state index in [0.29, 0.717) is 49.6 Å². The average Bonchev–Trinajstić information content (AvgIpc) is 2.71. The van der Waals surface area contributed by atoms with Gasteiger partial charge in [0.1, 0.15) is 0 Å². The van der Waals surface area contributed by atoms with Crippen molar-refractivity contribution < 1.29 is 19.1 Å². The summed E-state index contributed by atoms with van der Waals surface area (Å²) in [5.74, 6) is 1.10. The first kappa shape index (κ1) is 20.2. The van der Waals surface area contributed by atoms with Crippen molar-refractivity contribution in [3.05, 3.63) is 53.9 Å². The number of methoxy groups -OCH3 is 1. The molecule has 0 radical (unpaired) electrons. The highest BCUT2D eigenvalue weighted by molar-refractivity contribution is 5.93. The Morgan fingerprint density at radius 3 is 2.48 bits per heavy atom. The maximum Gasteiger partial charge on any atom is 0.251 e. The van der Waals surface area contributed by atoms with Gasteiger partial charge in [-0.25, -0.2) is 0 Å². The monoisotopic (exact) mass is 371 g/mol. The molecule has 1 aromatic carbocycles. The van der Waals surface area contributed by atoms with E-state index in [9.17, 15) is 9.59 Å². The summed E-state index contributed by atoms with van der Waals surface area (Å²) in [6, 6.07) is 8.94. The number of nitrogens with zero attached hydrogens (tertiary/aromatic N) is 1. The maximum absolute atomic E-state index is 12.0. The van der Waals surface area contributed by atoms with Crippen LogP contribution in [0.2, 0.25) is 0 Å². The molecule has 7 heteroatoms. The quantitative estimate of drug-likeness (QED) is 0.623. The first-order valence-corrected chi connectivity index (χ1v) is 8.88. The highest BCUT2D eigenvalue weighted by atomic mass is 16.5. The average molecular weight is 371 g/mol. The molecule has 0 unspecified atom stereocenters. The summed E-state index contributed by atoms with van der Waals surface area (Å²) in [6.07, 6.45) is 4.08. The first-order chi connectivity index (χ1) is 13.1. The van der Waals surface area contributed by atoms with Gasteiger partial charge in [-0.2, -0.15) is 0 Å². The second-order valence-corrected chi connectivity index (χ2v) is 5.76. The summed E-state index contributed by atoms with van der Waals surface area (Å²) in [7, 11) is 1.59. The third-order valence-electron chi connectivity index (χ3n) is 3.84. The molecule has 2 amide bonds. The van der Waals surface area contributed by atoms with E-state index in [0.717, 1.165) is 5.56 Å². The van der Waals surface area contributed by atoms with Gasteiger partial charge >= 0.3 is 0 Å². The molecule has 144 valence electrons. The smallest absolute Gasteiger partial charge is 0.251 e. The molecule has 0 saturated carbocycles. The molecule has 2 aromatic rings. The van der Waals surface area contributed by atoms with E-state index in [1.54, 1.807) is 31.6 Å². The van der Waals surface area contributed by atoms with Crippen molar-refractivity contribution in [2.24, 2.45) is 0 Å². The third-order valence-corrected chi connectivity index (χ3v) is 3.84. The predicted molar refractivity (Wildman–Crippen MR) is 102 cm³/mol. The molecule has 27 heavy (non-hydrogen) atoms. The fraction of sp³-hybridized carbons (Fsp3) is 0.350. The van der Waals surface area contributed by atoms with Crippen molar-refractivity contribution in [2.75, 3.05) is 26.8 Å². The Labute approximate surface area is 159 Å².